The van der Waals surface area contributed by atoms with Crippen LogP contribution < -0.4 is 5.32 Å². The van der Waals surface area contributed by atoms with Gasteiger partial charge in [0.1, 0.15) is 0 Å². The lowest BCUT2D eigenvalue weighted by atomic mass is 10.1. The zero-order chi connectivity index (χ0) is 14.3. The summed E-state index contributed by atoms with van der Waals surface area (Å²) in [6.45, 7) is 13.0. The van der Waals surface area contributed by atoms with Crippen LogP contribution in [0.3, 0.4) is 0 Å². The summed E-state index contributed by atoms with van der Waals surface area (Å²) in [7, 11) is 2.21. The Kier molecular flexibility index (Phi) is 7.33. The van der Waals surface area contributed by atoms with Crippen LogP contribution >= 0.6 is 0 Å². The van der Waals surface area contributed by atoms with E-state index in [4.69, 9.17) is 4.74 Å². The molecule has 1 fully saturated rings. The van der Waals surface area contributed by atoms with Crippen molar-refractivity contribution in [2.24, 2.45) is 5.92 Å². The highest BCUT2D eigenvalue weighted by molar-refractivity contribution is 4.73. The average molecular weight is 270 g/mol. The van der Waals surface area contributed by atoms with E-state index in [0.29, 0.717) is 6.04 Å². The van der Waals surface area contributed by atoms with Crippen molar-refractivity contribution in [1.82, 2.24) is 10.2 Å². The van der Waals surface area contributed by atoms with E-state index in [9.17, 15) is 0 Å². The molecule has 1 rings (SSSR count). The molecule has 1 N–H and O–H groups in total. The van der Waals surface area contributed by atoms with Crippen LogP contribution in [0.4, 0.5) is 0 Å². The highest BCUT2D eigenvalue weighted by atomic mass is 16.5. The summed E-state index contributed by atoms with van der Waals surface area (Å²) in [5, 5.41) is 3.54. The maximum Gasteiger partial charge on any atom is 0.0593 e. The maximum atomic E-state index is 5.69. The Hall–Kier alpha value is -0.120. The van der Waals surface area contributed by atoms with Gasteiger partial charge in [-0.3, -0.25) is 0 Å². The molecule has 0 saturated heterocycles. The van der Waals surface area contributed by atoms with E-state index in [0.717, 1.165) is 32.2 Å². The molecule has 0 bridgehead atoms. The fourth-order valence-corrected chi connectivity index (χ4v) is 2.04. The van der Waals surface area contributed by atoms with Crippen molar-refractivity contribution in [1.29, 1.82) is 0 Å². The van der Waals surface area contributed by atoms with Gasteiger partial charge in [0.05, 0.1) is 6.61 Å². The van der Waals surface area contributed by atoms with Crippen LogP contribution in [-0.4, -0.2) is 49.8 Å². The molecule has 0 spiro atoms. The third-order valence-corrected chi connectivity index (χ3v) is 3.85. The van der Waals surface area contributed by atoms with E-state index in [1.54, 1.807) is 0 Å². The van der Waals surface area contributed by atoms with Gasteiger partial charge in [-0.05, 0) is 72.9 Å². The molecule has 3 nitrogen and oxygen atoms in total. The average Bonchev–Trinajstić information content (AvgIpc) is 3.12. The Morgan fingerprint density at radius 3 is 2.58 bits per heavy atom. The Balaban J connectivity index is 1.95. The Labute approximate surface area is 120 Å². The lowest BCUT2D eigenvalue weighted by Gasteiger charge is -2.26. The van der Waals surface area contributed by atoms with Crippen molar-refractivity contribution in [2.75, 3.05) is 33.4 Å². The lowest BCUT2D eigenvalue weighted by molar-refractivity contribution is 0.0920. The highest BCUT2D eigenvalue weighted by Crippen LogP contribution is 2.28. The molecule has 1 unspecified atom stereocenters. The summed E-state index contributed by atoms with van der Waals surface area (Å²) in [5.74, 6) is 0.881. The zero-order valence-corrected chi connectivity index (χ0v) is 13.7. The second-order valence-electron chi connectivity index (χ2n) is 7.17. The van der Waals surface area contributed by atoms with Gasteiger partial charge in [-0.25, -0.2) is 0 Å². The summed E-state index contributed by atoms with van der Waals surface area (Å²) >= 11 is 0. The van der Waals surface area contributed by atoms with E-state index in [1.165, 1.54) is 25.7 Å². The van der Waals surface area contributed by atoms with Gasteiger partial charge in [-0.1, -0.05) is 0 Å². The van der Waals surface area contributed by atoms with Gasteiger partial charge in [-0.15, -0.1) is 0 Å². The van der Waals surface area contributed by atoms with E-state index < -0.39 is 0 Å². The van der Waals surface area contributed by atoms with Gasteiger partial charge in [0, 0.05) is 24.7 Å². The molecule has 1 saturated carbocycles. The van der Waals surface area contributed by atoms with Crippen LogP contribution in [0.15, 0.2) is 0 Å². The number of hydrogen-bond donors (Lipinski definition) is 1. The minimum Gasteiger partial charge on any atom is -0.380 e. The first-order valence-corrected chi connectivity index (χ1v) is 7.91. The number of likely N-dealkylation sites (N-methyl/N-ethyl adjacent to an activating group) is 1. The fourth-order valence-electron chi connectivity index (χ4n) is 2.04. The Bertz CT molecular complexity index is 233. The van der Waals surface area contributed by atoms with Gasteiger partial charge in [0.2, 0.25) is 0 Å². The van der Waals surface area contributed by atoms with Crippen LogP contribution in [-0.2, 0) is 4.74 Å². The maximum absolute atomic E-state index is 5.69. The summed E-state index contributed by atoms with van der Waals surface area (Å²) in [4.78, 5) is 2.42. The molecule has 0 heterocycles. The van der Waals surface area contributed by atoms with E-state index >= 15 is 0 Å². The second kappa shape index (κ2) is 8.23. The van der Waals surface area contributed by atoms with Gasteiger partial charge >= 0.3 is 0 Å². The molecule has 0 aromatic rings. The van der Waals surface area contributed by atoms with E-state index in [1.807, 2.05) is 0 Å². The van der Waals surface area contributed by atoms with Crippen molar-refractivity contribution >= 4 is 0 Å². The number of nitrogens with zero attached hydrogens (tertiary/aromatic N) is 1. The normalized spacial score (nSPS) is 18.0. The van der Waals surface area contributed by atoms with Gasteiger partial charge < -0.3 is 15.0 Å². The minimum atomic E-state index is 0.242. The molecule has 0 amide bonds. The van der Waals surface area contributed by atoms with E-state index in [-0.39, 0.29) is 5.54 Å². The molecule has 1 aliphatic rings. The molecule has 114 valence electrons. The number of hydrogen-bond acceptors (Lipinski definition) is 3. The SMILES string of the molecule is CC(CCCNC(C)(C)C)N(C)CCOCC1CC1. The van der Waals surface area contributed by atoms with Crippen LogP contribution in [0.1, 0.15) is 53.4 Å². The van der Waals surface area contributed by atoms with Crippen molar-refractivity contribution < 1.29 is 4.74 Å². The van der Waals surface area contributed by atoms with Gasteiger partial charge in [0.25, 0.3) is 0 Å². The van der Waals surface area contributed by atoms with Crippen LogP contribution in [0, 0.1) is 5.92 Å². The fraction of sp³-hybridized carbons (Fsp3) is 1.00. The van der Waals surface area contributed by atoms with Gasteiger partial charge in [-0.2, -0.15) is 0 Å². The first kappa shape index (κ1) is 16.9. The van der Waals surface area contributed by atoms with Crippen LogP contribution in [0.5, 0.6) is 0 Å². The third kappa shape index (κ3) is 9.42. The standard InChI is InChI=1S/C16H34N2O/c1-14(7-6-10-17-16(2,3)4)18(5)11-12-19-13-15-8-9-15/h14-15,17H,6-13H2,1-5H3. The van der Waals surface area contributed by atoms with Crippen molar-refractivity contribution in [3.05, 3.63) is 0 Å². The summed E-state index contributed by atoms with van der Waals surface area (Å²) in [6, 6.07) is 0.645. The topological polar surface area (TPSA) is 24.5 Å². The van der Waals surface area contributed by atoms with Crippen molar-refractivity contribution in [2.45, 2.75) is 65.0 Å². The monoisotopic (exact) mass is 270 g/mol. The summed E-state index contributed by atoms with van der Waals surface area (Å²) in [6.07, 6.45) is 5.26. The molecular formula is C16H34N2O. The third-order valence-electron chi connectivity index (χ3n) is 3.85. The predicted molar refractivity (Wildman–Crippen MR) is 82.6 cm³/mol. The summed E-state index contributed by atoms with van der Waals surface area (Å²) < 4.78 is 5.69. The predicted octanol–water partition coefficient (Wildman–Crippen LogP) is 2.90. The van der Waals surface area contributed by atoms with Crippen molar-refractivity contribution in [3.63, 3.8) is 0 Å². The first-order valence-electron chi connectivity index (χ1n) is 7.91. The smallest absolute Gasteiger partial charge is 0.0593 e. The zero-order valence-electron chi connectivity index (χ0n) is 13.7. The molecule has 0 aromatic heterocycles. The number of ether oxygens (including phenoxy) is 1. The van der Waals surface area contributed by atoms with Gasteiger partial charge in [0.15, 0.2) is 0 Å². The minimum absolute atomic E-state index is 0.242. The van der Waals surface area contributed by atoms with E-state index in [2.05, 4.69) is 45.0 Å². The highest BCUT2D eigenvalue weighted by Gasteiger charge is 2.21. The molecule has 0 radical (unpaired) electrons. The largest absolute Gasteiger partial charge is 0.380 e. The molecule has 19 heavy (non-hydrogen) atoms. The second-order valence-corrected chi connectivity index (χ2v) is 7.17. The quantitative estimate of drug-likeness (QED) is 0.618. The molecule has 0 aliphatic heterocycles. The number of rotatable bonds is 10. The Morgan fingerprint density at radius 1 is 1.32 bits per heavy atom. The summed E-state index contributed by atoms with van der Waals surface area (Å²) in [5.41, 5.74) is 0.242. The van der Waals surface area contributed by atoms with Crippen molar-refractivity contribution in [3.8, 4) is 0 Å². The Morgan fingerprint density at radius 2 is 2.00 bits per heavy atom. The van der Waals surface area contributed by atoms with Crippen LogP contribution in [0.25, 0.3) is 0 Å². The molecule has 0 aromatic carbocycles. The molecule has 3 heteroatoms. The molecule has 1 atom stereocenters. The first-order chi connectivity index (χ1) is 8.88. The number of nitrogens with one attached hydrogen (secondary N) is 1. The van der Waals surface area contributed by atoms with Crippen LogP contribution in [0.2, 0.25) is 0 Å². The lowest BCUT2D eigenvalue weighted by Crippen LogP contribution is -2.37. The molecule has 1 aliphatic carbocycles. The molecular weight excluding hydrogens is 236 g/mol.